The van der Waals surface area contributed by atoms with Gasteiger partial charge in [0.25, 0.3) is 0 Å². The van der Waals surface area contributed by atoms with E-state index >= 15 is 0 Å². The van der Waals surface area contributed by atoms with Crippen molar-refractivity contribution in [2.24, 2.45) is 5.92 Å². The first kappa shape index (κ1) is 17.4. The number of nitrogens with zero attached hydrogens (tertiary/aromatic N) is 1. The van der Waals surface area contributed by atoms with Crippen molar-refractivity contribution in [3.63, 3.8) is 0 Å². The molecule has 6 nitrogen and oxygen atoms in total. The van der Waals surface area contributed by atoms with Gasteiger partial charge in [-0.2, -0.15) is 0 Å². The molecule has 0 aliphatic heterocycles. The Morgan fingerprint density at radius 3 is 2.71 bits per heavy atom. The normalized spacial score (nSPS) is 19.4. The van der Waals surface area contributed by atoms with Gasteiger partial charge in [0.1, 0.15) is 5.58 Å². The summed E-state index contributed by atoms with van der Waals surface area (Å²) >= 11 is 0. The summed E-state index contributed by atoms with van der Waals surface area (Å²) < 4.78 is 32.1. The van der Waals surface area contributed by atoms with E-state index < -0.39 is 9.84 Å². The Bertz CT molecular complexity index is 1160. The molecule has 0 saturated heterocycles. The van der Waals surface area contributed by atoms with Crippen LogP contribution in [0.4, 0.5) is 0 Å². The average Bonchev–Trinajstić information content (AvgIpc) is 3.09. The molecule has 2 aliphatic carbocycles. The van der Waals surface area contributed by atoms with Gasteiger partial charge >= 0.3 is 0 Å². The number of aromatic nitrogens is 1. The quantitative estimate of drug-likeness (QED) is 0.732. The van der Waals surface area contributed by atoms with Gasteiger partial charge in [-0.25, -0.2) is 13.4 Å². The molecule has 28 heavy (non-hydrogen) atoms. The number of carbonyl (C=O) groups is 1. The fourth-order valence-electron chi connectivity index (χ4n) is 4.12. The Morgan fingerprint density at radius 1 is 1.14 bits per heavy atom. The molecule has 1 amide bonds. The molecule has 1 fully saturated rings. The van der Waals surface area contributed by atoms with Crippen LogP contribution >= 0.6 is 0 Å². The number of nitrogens with one attached hydrogen (secondary N) is 1. The lowest BCUT2D eigenvalue weighted by molar-refractivity contribution is -0.126. The minimum atomic E-state index is -3.78. The van der Waals surface area contributed by atoms with Gasteiger partial charge in [-0.1, -0.05) is 6.07 Å². The number of hydrogen-bond donors (Lipinski definition) is 1. The van der Waals surface area contributed by atoms with Gasteiger partial charge in [0.05, 0.1) is 11.2 Å². The second-order valence-corrected chi connectivity index (χ2v) is 9.45. The number of amides is 1. The predicted octanol–water partition coefficient (Wildman–Crippen LogP) is 3.04. The van der Waals surface area contributed by atoms with Crippen molar-refractivity contribution in [2.45, 2.75) is 48.1 Å². The second kappa shape index (κ2) is 6.44. The van der Waals surface area contributed by atoms with E-state index in [-0.39, 0.29) is 27.8 Å². The topological polar surface area (TPSA) is 89.3 Å². The zero-order valence-electron chi connectivity index (χ0n) is 15.2. The van der Waals surface area contributed by atoms with Crippen molar-refractivity contribution in [3.8, 4) is 0 Å². The minimum absolute atomic E-state index is 0.00487. The highest BCUT2D eigenvalue weighted by atomic mass is 32.2. The van der Waals surface area contributed by atoms with Crippen molar-refractivity contribution in [3.05, 3.63) is 53.9 Å². The smallest absolute Gasteiger partial charge is 0.224 e. The Balaban J connectivity index is 1.58. The van der Waals surface area contributed by atoms with Crippen LogP contribution in [0.3, 0.4) is 0 Å². The first-order valence-corrected chi connectivity index (χ1v) is 11.0. The fraction of sp³-hybridized carbons (Fsp3) is 0.333. The number of sulfone groups is 1. The lowest BCUT2D eigenvalue weighted by atomic mass is 9.83. The van der Waals surface area contributed by atoms with Crippen LogP contribution in [-0.2, 0) is 27.5 Å². The summed E-state index contributed by atoms with van der Waals surface area (Å²) in [5.41, 5.74) is 2.21. The molecule has 1 saturated carbocycles. The van der Waals surface area contributed by atoms with E-state index in [1.165, 1.54) is 12.3 Å². The van der Waals surface area contributed by atoms with E-state index in [0.29, 0.717) is 24.0 Å². The molecule has 0 spiro atoms. The summed E-state index contributed by atoms with van der Waals surface area (Å²) in [7, 11) is -3.78. The van der Waals surface area contributed by atoms with Gasteiger partial charge in [0.2, 0.25) is 15.7 Å². The van der Waals surface area contributed by atoms with E-state index in [2.05, 4.69) is 10.3 Å². The molecule has 144 valence electrons. The van der Waals surface area contributed by atoms with Crippen molar-refractivity contribution < 1.29 is 17.6 Å². The van der Waals surface area contributed by atoms with E-state index in [0.717, 1.165) is 30.2 Å². The van der Waals surface area contributed by atoms with Gasteiger partial charge in [0, 0.05) is 23.5 Å². The molecule has 1 aromatic carbocycles. The fourth-order valence-corrected chi connectivity index (χ4v) is 5.56. The molecule has 1 unspecified atom stereocenters. The number of hydrogen-bond acceptors (Lipinski definition) is 5. The van der Waals surface area contributed by atoms with E-state index in [1.807, 2.05) is 0 Å². The van der Waals surface area contributed by atoms with Crippen LogP contribution in [0.5, 0.6) is 0 Å². The first-order chi connectivity index (χ1) is 13.5. The maximum atomic E-state index is 13.2. The molecule has 0 radical (unpaired) electrons. The highest BCUT2D eigenvalue weighted by Gasteiger charge is 2.34. The third-order valence-electron chi connectivity index (χ3n) is 5.82. The Morgan fingerprint density at radius 2 is 2.00 bits per heavy atom. The molecule has 2 heterocycles. The lowest BCUT2D eigenvalue weighted by Gasteiger charge is -2.30. The van der Waals surface area contributed by atoms with Crippen molar-refractivity contribution in [2.75, 3.05) is 0 Å². The van der Waals surface area contributed by atoms with Gasteiger partial charge in [-0.3, -0.25) is 4.79 Å². The lowest BCUT2D eigenvalue weighted by Crippen LogP contribution is -2.44. The molecule has 0 bridgehead atoms. The number of furan rings is 1. The molecule has 1 N–H and O–H groups in total. The molecular formula is C21H20N2O4S. The zero-order valence-corrected chi connectivity index (χ0v) is 16.0. The second-order valence-electron chi connectivity index (χ2n) is 7.59. The van der Waals surface area contributed by atoms with Crippen LogP contribution in [0.1, 0.15) is 30.4 Å². The SMILES string of the molecule is O=C(NC1CCC1)C1Cc2coc3ccc(S(=O)(=O)c4ccccn4)c(c23)C1. The van der Waals surface area contributed by atoms with Crippen LogP contribution in [0.15, 0.2) is 57.1 Å². The molecule has 7 heteroatoms. The number of rotatable bonds is 4. The van der Waals surface area contributed by atoms with Crippen molar-refractivity contribution in [1.29, 1.82) is 0 Å². The highest BCUT2D eigenvalue weighted by molar-refractivity contribution is 7.91. The van der Waals surface area contributed by atoms with Crippen LogP contribution < -0.4 is 5.32 Å². The number of benzene rings is 1. The highest BCUT2D eigenvalue weighted by Crippen LogP contribution is 2.39. The molecule has 2 aromatic heterocycles. The van der Waals surface area contributed by atoms with E-state index in [9.17, 15) is 13.2 Å². The Kier molecular flexibility index (Phi) is 4.01. The van der Waals surface area contributed by atoms with Crippen molar-refractivity contribution >= 4 is 26.7 Å². The van der Waals surface area contributed by atoms with Crippen molar-refractivity contribution in [1.82, 2.24) is 10.3 Å². The van der Waals surface area contributed by atoms with Crippen LogP contribution in [0.25, 0.3) is 11.0 Å². The monoisotopic (exact) mass is 396 g/mol. The van der Waals surface area contributed by atoms with Gasteiger partial charge < -0.3 is 9.73 Å². The summed E-state index contributed by atoms with van der Waals surface area (Å²) in [5, 5.41) is 3.93. The summed E-state index contributed by atoms with van der Waals surface area (Å²) in [6.07, 6.45) is 7.24. The maximum Gasteiger partial charge on any atom is 0.224 e. The minimum Gasteiger partial charge on any atom is -0.464 e. The van der Waals surface area contributed by atoms with E-state index in [4.69, 9.17) is 4.42 Å². The van der Waals surface area contributed by atoms with E-state index in [1.54, 1.807) is 30.5 Å². The van der Waals surface area contributed by atoms with Gasteiger partial charge in [0.15, 0.2) is 5.03 Å². The molecule has 2 aliphatic rings. The standard InChI is InChI=1S/C21H20N2O4S/c24-21(23-15-4-3-5-15)13-10-14-12-27-17-7-8-18(16(11-13)20(14)17)28(25,26)19-6-1-2-9-22-19/h1-2,6-9,12-13,15H,3-5,10-11H2,(H,23,24). The maximum absolute atomic E-state index is 13.2. The summed E-state index contributed by atoms with van der Waals surface area (Å²) in [5.74, 6) is -0.302. The number of carbonyl (C=O) groups excluding carboxylic acids is 1. The summed E-state index contributed by atoms with van der Waals surface area (Å²) in [6, 6.07) is 8.34. The molecule has 5 rings (SSSR count). The van der Waals surface area contributed by atoms with Crippen LogP contribution in [0.2, 0.25) is 0 Å². The summed E-state index contributed by atoms with van der Waals surface area (Å²) in [6.45, 7) is 0. The van der Waals surface area contributed by atoms with Gasteiger partial charge in [-0.05, 0) is 67.5 Å². The Labute approximate surface area is 162 Å². The average molecular weight is 396 g/mol. The van der Waals surface area contributed by atoms with Gasteiger partial charge in [-0.15, -0.1) is 0 Å². The number of pyridine rings is 1. The molecule has 1 atom stereocenters. The summed E-state index contributed by atoms with van der Waals surface area (Å²) in [4.78, 5) is 17.0. The third kappa shape index (κ3) is 2.73. The third-order valence-corrected chi connectivity index (χ3v) is 7.58. The molecule has 3 aromatic rings. The van der Waals surface area contributed by atoms with Crippen LogP contribution in [-0.4, -0.2) is 25.4 Å². The predicted molar refractivity (Wildman–Crippen MR) is 103 cm³/mol. The molecular weight excluding hydrogens is 376 g/mol. The first-order valence-electron chi connectivity index (χ1n) is 9.52. The largest absolute Gasteiger partial charge is 0.464 e. The Hall–Kier alpha value is -2.67. The zero-order chi connectivity index (χ0) is 19.3. The van der Waals surface area contributed by atoms with Crippen LogP contribution in [0, 0.1) is 5.92 Å².